The van der Waals surface area contributed by atoms with Crippen molar-refractivity contribution in [3.05, 3.63) is 131 Å². The molecular weight excluding hydrogens is 598 g/mol. The number of hydrogen-bond acceptors (Lipinski definition) is 5. The fourth-order valence-electron chi connectivity index (χ4n) is 5.68. The van der Waals surface area contributed by atoms with E-state index in [0.29, 0.717) is 32.5 Å². The molecule has 4 aromatic carbocycles. The normalized spacial score (nSPS) is 14.0. The molecule has 0 bridgehead atoms. The van der Waals surface area contributed by atoms with Crippen LogP contribution in [0.1, 0.15) is 41.5 Å². The lowest BCUT2D eigenvalue weighted by atomic mass is 10.0. The maximum Gasteiger partial charge on any atom is 0.243 e. The van der Waals surface area contributed by atoms with Gasteiger partial charge in [0.15, 0.2) is 0 Å². The first-order valence-corrected chi connectivity index (χ1v) is 17.1. The number of nitrogens with one attached hydrogen (secondary N) is 1. The van der Waals surface area contributed by atoms with Crippen LogP contribution in [0.2, 0.25) is 0 Å². The van der Waals surface area contributed by atoms with Crippen LogP contribution in [0, 0.1) is 0 Å². The number of carbonyl (C=O) groups is 2. The van der Waals surface area contributed by atoms with E-state index in [9.17, 15) is 18.0 Å². The summed E-state index contributed by atoms with van der Waals surface area (Å²) in [6.45, 7) is 1.69. The highest BCUT2D eigenvalue weighted by atomic mass is 32.2. The van der Waals surface area contributed by atoms with Crippen molar-refractivity contribution in [2.24, 2.45) is 0 Å². The van der Waals surface area contributed by atoms with Gasteiger partial charge >= 0.3 is 0 Å². The lowest BCUT2D eigenvalue weighted by molar-refractivity contribution is -0.141. The van der Waals surface area contributed by atoms with Crippen LogP contribution >= 0.6 is 0 Å². The van der Waals surface area contributed by atoms with Crippen molar-refractivity contribution in [1.29, 1.82) is 0 Å². The van der Waals surface area contributed by atoms with Gasteiger partial charge in [-0.25, -0.2) is 8.42 Å². The molecule has 46 heavy (non-hydrogen) atoms. The molecule has 1 saturated heterocycles. The predicted molar refractivity (Wildman–Crippen MR) is 179 cm³/mol. The summed E-state index contributed by atoms with van der Waals surface area (Å²) in [7, 11) is -1.90. The highest BCUT2D eigenvalue weighted by molar-refractivity contribution is 7.89. The molecule has 0 aromatic heterocycles. The Hall–Kier alpha value is -4.47. The molecule has 2 amide bonds. The molecule has 1 N–H and O–H groups in total. The summed E-state index contributed by atoms with van der Waals surface area (Å²) in [5.74, 6) is 0.345. The van der Waals surface area contributed by atoms with E-state index in [0.717, 1.165) is 40.8 Å². The van der Waals surface area contributed by atoms with Crippen molar-refractivity contribution >= 4 is 21.8 Å². The van der Waals surface area contributed by atoms with Crippen LogP contribution in [-0.4, -0.2) is 55.7 Å². The first-order chi connectivity index (χ1) is 22.3. The van der Waals surface area contributed by atoms with Gasteiger partial charge in [0.1, 0.15) is 11.8 Å². The fourth-order valence-corrected chi connectivity index (χ4v) is 7.20. The van der Waals surface area contributed by atoms with Crippen LogP contribution in [0.25, 0.3) is 0 Å². The molecule has 1 atom stereocenters. The summed E-state index contributed by atoms with van der Waals surface area (Å²) in [6, 6.07) is 33.0. The Labute approximate surface area is 272 Å². The first-order valence-electron chi connectivity index (χ1n) is 15.7. The zero-order valence-electron chi connectivity index (χ0n) is 26.2. The smallest absolute Gasteiger partial charge is 0.243 e. The Morgan fingerprint density at radius 3 is 1.98 bits per heavy atom. The molecule has 9 heteroatoms. The minimum Gasteiger partial charge on any atom is -0.497 e. The van der Waals surface area contributed by atoms with Gasteiger partial charge < -0.3 is 15.0 Å². The monoisotopic (exact) mass is 639 g/mol. The van der Waals surface area contributed by atoms with Crippen molar-refractivity contribution in [2.45, 2.75) is 56.1 Å². The molecular formula is C37H41N3O5S. The quantitative estimate of drug-likeness (QED) is 0.200. The number of aryl methyl sites for hydroxylation is 1. The minimum atomic E-state index is -3.51. The molecule has 1 aliphatic heterocycles. The molecule has 0 radical (unpaired) electrons. The number of nitrogens with zero attached hydrogens (tertiary/aromatic N) is 2. The van der Waals surface area contributed by atoms with Crippen LogP contribution in [0.15, 0.2) is 114 Å². The summed E-state index contributed by atoms with van der Waals surface area (Å²) in [4.78, 5) is 29.9. The van der Waals surface area contributed by atoms with Crippen LogP contribution in [0.5, 0.6) is 5.75 Å². The van der Waals surface area contributed by atoms with Crippen LogP contribution in [0.3, 0.4) is 0 Å². The average molecular weight is 640 g/mol. The van der Waals surface area contributed by atoms with Gasteiger partial charge in [0.2, 0.25) is 21.8 Å². The molecule has 4 aromatic rings. The lowest BCUT2D eigenvalue weighted by Gasteiger charge is -2.32. The third kappa shape index (κ3) is 8.62. The van der Waals surface area contributed by atoms with E-state index in [4.69, 9.17) is 4.74 Å². The number of ether oxygens (including phenoxy) is 1. The number of rotatable bonds is 14. The number of sulfonamides is 1. The van der Waals surface area contributed by atoms with E-state index >= 15 is 0 Å². The first kappa shape index (κ1) is 32.9. The Bertz CT molecular complexity index is 1670. The highest BCUT2D eigenvalue weighted by Gasteiger charge is 2.30. The SMILES string of the molecule is COc1ccc(CNC(=O)[C@H](Cc2ccccc2)N(Cc2ccccc2)C(=O)CCc2ccc(S(=O)(=O)N3CCCC3)cc2)cc1. The second kappa shape index (κ2) is 15.7. The Kier molecular flexibility index (Phi) is 11.2. The van der Waals surface area contributed by atoms with Gasteiger partial charge in [-0.05, 0) is 65.8 Å². The third-order valence-electron chi connectivity index (χ3n) is 8.35. The molecule has 240 valence electrons. The molecule has 1 heterocycles. The van der Waals surface area contributed by atoms with Crippen molar-refractivity contribution in [2.75, 3.05) is 20.2 Å². The van der Waals surface area contributed by atoms with E-state index in [1.807, 2.05) is 84.9 Å². The molecule has 0 unspecified atom stereocenters. The Morgan fingerprint density at radius 1 is 0.783 bits per heavy atom. The van der Waals surface area contributed by atoms with Gasteiger partial charge in [0, 0.05) is 39.0 Å². The standard InChI is InChI=1S/C37H41N3O5S/c1-45-33-19-14-31(15-20-33)27-38-37(42)35(26-30-10-4-2-5-11-30)40(28-32-12-6-3-7-13-32)36(41)23-18-29-16-21-34(22-17-29)46(43,44)39-24-8-9-25-39/h2-7,10-17,19-22,35H,8-9,18,23-28H2,1H3,(H,38,42)/t35-/m0/s1. The van der Waals surface area contributed by atoms with Gasteiger partial charge in [0.25, 0.3) is 0 Å². The summed E-state index contributed by atoms with van der Waals surface area (Å²) in [5, 5.41) is 3.06. The molecule has 0 spiro atoms. The van der Waals surface area contributed by atoms with Crippen LogP contribution < -0.4 is 10.1 Å². The van der Waals surface area contributed by atoms with Crippen LogP contribution in [-0.2, 0) is 45.5 Å². The van der Waals surface area contributed by atoms with E-state index in [1.54, 1.807) is 36.3 Å². The second-order valence-corrected chi connectivity index (χ2v) is 13.5. The fraction of sp³-hybridized carbons (Fsp3) is 0.297. The average Bonchev–Trinajstić information content (AvgIpc) is 3.65. The third-order valence-corrected chi connectivity index (χ3v) is 10.3. The maximum atomic E-state index is 14.0. The largest absolute Gasteiger partial charge is 0.497 e. The summed E-state index contributed by atoms with van der Waals surface area (Å²) >= 11 is 0. The molecule has 5 rings (SSSR count). The number of carbonyl (C=O) groups excluding carboxylic acids is 2. The van der Waals surface area contributed by atoms with E-state index in [2.05, 4.69) is 5.32 Å². The Morgan fingerprint density at radius 2 is 1.37 bits per heavy atom. The van der Waals surface area contributed by atoms with E-state index in [-0.39, 0.29) is 29.7 Å². The number of benzene rings is 4. The summed E-state index contributed by atoms with van der Waals surface area (Å²) < 4.78 is 32.7. The second-order valence-electron chi connectivity index (χ2n) is 11.5. The van der Waals surface area contributed by atoms with Gasteiger partial charge in [-0.1, -0.05) is 84.9 Å². The van der Waals surface area contributed by atoms with Gasteiger partial charge in [-0.3, -0.25) is 9.59 Å². The zero-order valence-corrected chi connectivity index (χ0v) is 27.0. The number of hydrogen-bond donors (Lipinski definition) is 1. The van der Waals surface area contributed by atoms with Gasteiger partial charge in [0.05, 0.1) is 12.0 Å². The van der Waals surface area contributed by atoms with Crippen molar-refractivity contribution in [3.63, 3.8) is 0 Å². The van der Waals surface area contributed by atoms with Gasteiger partial charge in [-0.2, -0.15) is 4.31 Å². The van der Waals surface area contributed by atoms with Gasteiger partial charge in [-0.15, -0.1) is 0 Å². The number of methoxy groups -OCH3 is 1. The highest BCUT2D eigenvalue weighted by Crippen LogP contribution is 2.22. The topological polar surface area (TPSA) is 96.0 Å². The lowest BCUT2D eigenvalue weighted by Crippen LogP contribution is -2.50. The van der Waals surface area contributed by atoms with Crippen molar-refractivity contribution < 1.29 is 22.7 Å². The molecule has 8 nitrogen and oxygen atoms in total. The predicted octanol–water partition coefficient (Wildman–Crippen LogP) is 5.37. The molecule has 1 fully saturated rings. The molecule has 0 saturated carbocycles. The summed E-state index contributed by atoms with van der Waals surface area (Å²) in [6.07, 6.45) is 2.70. The minimum absolute atomic E-state index is 0.154. The van der Waals surface area contributed by atoms with E-state index in [1.165, 1.54) is 4.31 Å². The van der Waals surface area contributed by atoms with E-state index < -0.39 is 16.1 Å². The maximum absolute atomic E-state index is 14.0. The molecule has 1 aliphatic rings. The van der Waals surface area contributed by atoms with Crippen molar-refractivity contribution in [3.8, 4) is 5.75 Å². The Balaban J connectivity index is 1.34. The number of amides is 2. The van der Waals surface area contributed by atoms with Crippen molar-refractivity contribution in [1.82, 2.24) is 14.5 Å². The summed E-state index contributed by atoms with van der Waals surface area (Å²) in [5.41, 5.74) is 3.65. The molecule has 0 aliphatic carbocycles. The zero-order chi connectivity index (χ0) is 32.4. The van der Waals surface area contributed by atoms with Crippen LogP contribution in [0.4, 0.5) is 0 Å².